The third-order valence-electron chi connectivity index (χ3n) is 2.57. The van der Waals surface area contributed by atoms with E-state index in [2.05, 4.69) is 10.0 Å². The molecule has 102 valence electrons. The number of hydrogen-bond donors (Lipinski definition) is 3. The fourth-order valence-corrected chi connectivity index (χ4v) is 2.71. The number of para-hydroxylation sites is 1. The Bertz CT molecular complexity index is 486. The van der Waals surface area contributed by atoms with E-state index in [0.717, 1.165) is 6.42 Å². The number of nitrogens with two attached hydrogens (primary N) is 1. The Kier molecular flexibility index (Phi) is 5.13. The van der Waals surface area contributed by atoms with E-state index in [-0.39, 0.29) is 17.0 Å². The van der Waals surface area contributed by atoms with Crippen LogP contribution >= 0.6 is 0 Å². The van der Waals surface area contributed by atoms with E-state index >= 15 is 0 Å². The quantitative estimate of drug-likeness (QED) is 0.724. The van der Waals surface area contributed by atoms with Gasteiger partial charge in [0.05, 0.1) is 5.69 Å². The maximum Gasteiger partial charge on any atom is 0.242 e. The normalized spacial score (nSPS) is 15.1. The molecular weight excluding hydrogens is 250 g/mol. The van der Waals surface area contributed by atoms with Crippen LogP contribution in [0.2, 0.25) is 0 Å². The Morgan fingerprint density at radius 1 is 1.28 bits per heavy atom. The van der Waals surface area contributed by atoms with Gasteiger partial charge >= 0.3 is 0 Å². The molecule has 5 nitrogen and oxygen atoms in total. The van der Waals surface area contributed by atoms with Crippen molar-refractivity contribution in [3.63, 3.8) is 0 Å². The lowest BCUT2D eigenvalue weighted by Gasteiger charge is -2.19. The Balaban J connectivity index is 2.97. The SMILES string of the molecule is CNS(=O)(=O)c1ccccc1NC(C)CC(C)N. The first-order chi connectivity index (χ1) is 8.36. The summed E-state index contributed by atoms with van der Waals surface area (Å²) in [6, 6.07) is 7.01. The van der Waals surface area contributed by atoms with Crippen LogP contribution in [0.4, 0.5) is 5.69 Å². The molecule has 4 N–H and O–H groups in total. The predicted octanol–water partition coefficient (Wildman–Crippen LogP) is 1.13. The average Bonchev–Trinajstić information content (AvgIpc) is 2.28. The first-order valence-corrected chi connectivity index (χ1v) is 7.40. The highest BCUT2D eigenvalue weighted by Crippen LogP contribution is 2.21. The molecule has 6 heteroatoms. The second-order valence-corrected chi connectivity index (χ2v) is 6.32. The molecule has 2 unspecified atom stereocenters. The number of benzene rings is 1. The van der Waals surface area contributed by atoms with Gasteiger partial charge in [0, 0.05) is 12.1 Å². The van der Waals surface area contributed by atoms with Crippen molar-refractivity contribution < 1.29 is 8.42 Å². The molecule has 0 heterocycles. The molecule has 0 saturated heterocycles. The molecule has 1 rings (SSSR count). The van der Waals surface area contributed by atoms with Crippen LogP contribution in [0, 0.1) is 0 Å². The summed E-state index contributed by atoms with van der Waals surface area (Å²) in [5, 5.41) is 3.18. The predicted molar refractivity (Wildman–Crippen MR) is 74.0 cm³/mol. The smallest absolute Gasteiger partial charge is 0.242 e. The first-order valence-electron chi connectivity index (χ1n) is 5.91. The van der Waals surface area contributed by atoms with Crippen LogP contribution in [0.5, 0.6) is 0 Å². The van der Waals surface area contributed by atoms with Gasteiger partial charge in [0.25, 0.3) is 0 Å². The molecule has 2 atom stereocenters. The largest absolute Gasteiger partial charge is 0.381 e. The Morgan fingerprint density at radius 3 is 2.44 bits per heavy atom. The molecule has 0 aromatic heterocycles. The maximum atomic E-state index is 11.8. The zero-order chi connectivity index (χ0) is 13.8. The van der Waals surface area contributed by atoms with E-state index in [1.165, 1.54) is 7.05 Å². The molecular formula is C12H21N3O2S. The van der Waals surface area contributed by atoms with Crippen LogP contribution in [0.15, 0.2) is 29.2 Å². The molecule has 0 saturated carbocycles. The molecule has 0 bridgehead atoms. The average molecular weight is 271 g/mol. The van der Waals surface area contributed by atoms with Crippen LogP contribution in [-0.2, 0) is 10.0 Å². The molecule has 0 fully saturated rings. The number of anilines is 1. The monoisotopic (exact) mass is 271 g/mol. The molecule has 0 amide bonds. The molecule has 0 aliphatic rings. The van der Waals surface area contributed by atoms with Crippen LogP contribution in [0.1, 0.15) is 20.3 Å². The van der Waals surface area contributed by atoms with Gasteiger partial charge in [-0.1, -0.05) is 12.1 Å². The second kappa shape index (κ2) is 6.17. The van der Waals surface area contributed by atoms with E-state index in [0.29, 0.717) is 5.69 Å². The first kappa shape index (κ1) is 14.9. The minimum absolute atomic E-state index is 0.0700. The number of sulfonamides is 1. The molecule has 1 aromatic carbocycles. The second-order valence-electron chi connectivity index (χ2n) is 4.46. The summed E-state index contributed by atoms with van der Waals surface area (Å²) >= 11 is 0. The summed E-state index contributed by atoms with van der Waals surface area (Å²) in [5.74, 6) is 0. The van der Waals surface area contributed by atoms with E-state index in [1.54, 1.807) is 24.3 Å². The standard InChI is InChI=1S/C12H21N3O2S/c1-9(13)8-10(2)15-11-6-4-5-7-12(11)18(16,17)14-3/h4-7,9-10,14-15H,8,13H2,1-3H3. The van der Waals surface area contributed by atoms with Crippen molar-refractivity contribution in [2.75, 3.05) is 12.4 Å². The van der Waals surface area contributed by atoms with Gasteiger partial charge in [-0.25, -0.2) is 13.1 Å². The molecule has 0 spiro atoms. The van der Waals surface area contributed by atoms with E-state index in [1.807, 2.05) is 13.8 Å². The summed E-state index contributed by atoms with van der Waals surface area (Å²) in [4.78, 5) is 0.254. The van der Waals surface area contributed by atoms with Gasteiger partial charge in [-0.2, -0.15) is 0 Å². The van der Waals surface area contributed by atoms with Crippen molar-refractivity contribution in [3.8, 4) is 0 Å². The molecule has 0 aliphatic heterocycles. The van der Waals surface area contributed by atoms with Gasteiger partial charge in [-0.15, -0.1) is 0 Å². The zero-order valence-electron chi connectivity index (χ0n) is 11.0. The van der Waals surface area contributed by atoms with Crippen LogP contribution in [0.3, 0.4) is 0 Å². The van der Waals surface area contributed by atoms with Crippen molar-refractivity contribution in [2.24, 2.45) is 5.73 Å². The summed E-state index contributed by atoms with van der Waals surface area (Å²) in [7, 11) is -2.05. The van der Waals surface area contributed by atoms with Gasteiger partial charge in [0.1, 0.15) is 4.90 Å². The van der Waals surface area contributed by atoms with Crippen molar-refractivity contribution in [1.82, 2.24) is 4.72 Å². The third-order valence-corrected chi connectivity index (χ3v) is 4.05. The van der Waals surface area contributed by atoms with Crippen LogP contribution in [0.25, 0.3) is 0 Å². The number of rotatable bonds is 6. The number of hydrogen-bond acceptors (Lipinski definition) is 4. The van der Waals surface area contributed by atoms with Crippen LogP contribution < -0.4 is 15.8 Å². The van der Waals surface area contributed by atoms with E-state index < -0.39 is 10.0 Å². The molecule has 0 aliphatic carbocycles. The fourth-order valence-electron chi connectivity index (χ4n) is 1.81. The van der Waals surface area contributed by atoms with Gasteiger partial charge in [-0.05, 0) is 39.4 Å². The Labute approximate surface area is 109 Å². The van der Waals surface area contributed by atoms with Crippen molar-refractivity contribution in [2.45, 2.75) is 37.2 Å². The highest BCUT2D eigenvalue weighted by molar-refractivity contribution is 7.89. The summed E-state index contributed by atoms with van der Waals surface area (Å²) in [6.45, 7) is 3.90. The van der Waals surface area contributed by atoms with Crippen molar-refractivity contribution in [3.05, 3.63) is 24.3 Å². The summed E-state index contributed by atoms with van der Waals surface area (Å²) in [6.07, 6.45) is 0.772. The van der Waals surface area contributed by atoms with Crippen molar-refractivity contribution in [1.29, 1.82) is 0 Å². The topological polar surface area (TPSA) is 84.2 Å². The van der Waals surface area contributed by atoms with Crippen LogP contribution in [-0.4, -0.2) is 27.5 Å². The van der Waals surface area contributed by atoms with Gasteiger partial charge in [0.15, 0.2) is 0 Å². The highest BCUT2D eigenvalue weighted by atomic mass is 32.2. The lowest BCUT2D eigenvalue weighted by Crippen LogP contribution is -2.27. The van der Waals surface area contributed by atoms with Crippen molar-refractivity contribution >= 4 is 15.7 Å². The molecule has 1 aromatic rings. The maximum absolute atomic E-state index is 11.8. The number of nitrogens with one attached hydrogen (secondary N) is 2. The lowest BCUT2D eigenvalue weighted by atomic mass is 10.1. The fraction of sp³-hybridized carbons (Fsp3) is 0.500. The minimum Gasteiger partial charge on any atom is -0.381 e. The molecule has 0 radical (unpaired) electrons. The Hall–Kier alpha value is -1.11. The van der Waals surface area contributed by atoms with Gasteiger partial charge in [-0.3, -0.25) is 0 Å². The lowest BCUT2D eigenvalue weighted by molar-refractivity contribution is 0.587. The van der Waals surface area contributed by atoms with Gasteiger partial charge < -0.3 is 11.1 Å². The summed E-state index contributed by atoms with van der Waals surface area (Å²) in [5.41, 5.74) is 6.32. The van der Waals surface area contributed by atoms with E-state index in [4.69, 9.17) is 5.73 Å². The Morgan fingerprint density at radius 2 is 1.89 bits per heavy atom. The third kappa shape index (κ3) is 3.97. The van der Waals surface area contributed by atoms with Gasteiger partial charge in [0.2, 0.25) is 10.0 Å². The van der Waals surface area contributed by atoms with E-state index in [9.17, 15) is 8.42 Å². The zero-order valence-corrected chi connectivity index (χ0v) is 11.8. The molecule has 18 heavy (non-hydrogen) atoms. The minimum atomic E-state index is -3.45. The highest BCUT2D eigenvalue weighted by Gasteiger charge is 2.17. The summed E-state index contributed by atoms with van der Waals surface area (Å²) < 4.78 is 26.0.